The number of hydrogen-bond acceptors (Lipinski definition) is 4. The normalized spacial score (nSPS) is 17.0. The van der Waals surface area contributed by atoms with Crippen molar-refractivity contribution in [1.82, 2.24) is 19.4 Å². The number of likely N-dealkylation sites (tertiary alicyclic amines) is 1. The second-order valence-electron chi connectivity index (χ2n) is 6.91. The summed E-state index contributed by atoms with van der Waals surface area (Å²) < 4.78 is 2.16. The number of aromatic nitrogens is 3. The van der Waals surface area contributed by atoms with Crippen molar-refractivity contribution in [3.63, 3.8) is 0 Å². The molecule has 1 fully saturated rings. The SMILES string of the molecule is O=C(c1cccc(O)c1)N1CCCC(c2nccn2Cc2ccncc2)C1. The molecule has 1 atom stereocenters. The number of amides is 1. The lowest BCUT2D eigenvalue weighted by Gasteiger charge is -2.32. The first-order chi connectivity index (χ1) is 13.2. The fraction of sp³-hybridized carbons (Fsp3) is 0.286. The first kappa shape index (κ1) is 17.3. The monoisotopic (exact) mass is 362 g/mol. The van der Waals surface area contributed by atoms with E-state index in [1.165, 1.54) is 11.6 Å². The molecule has 2 aromatic heterocycles. The Morgan fingerprint density at radius 2 is 2.04 bits per heavy atom. The molecule has 4 rings (SSSR count). The number of carbonyl (C=O) groups excluding carboxylic acids is 1. The highest BCUT2D eigenvalue weighted by molar-refractivity contribution is 5.94. The van der Waals surface area contributed by atoms with Crippen LogP contribution < -0.4 is 0 Å². The van der Waals surface area contributed by atoms with Crippen molar-refractivity contribution < 1.29 is 9.90 Å². The van der Waals surface area contributed by atoms with Crippen molar-refractivity contribution in [2.45, 2.75) is 25.3 Å². The van der Waals surface area contributed by atoms with Crippen LogP contribution in [0.1, 0.15) is 40.5 Å². The predicted molar refractivity (Wildman–Crippen MR) is 102 cm³/mol. The molecular weight excluding hydrogens is 340 g/mol. The van der Waals surface area contributed by atoms with Gasteiger partial charge >= 0.3 is 0 Å². The number of aromatic hydroxyl groups is 1. The van der Waals surface area contributed by atoms with E-state index in [1.807, 2.05) is 29.4 Å². The Morgan fingerprint density at radius 3 is 2.85 bits per heavy atom. The van der Waals surface area contributed by atoms with Crippen LogP contribution in [-0.2, 0) is 6.54 Å². The summed E-state index contributed by atoms with van der Waals surface area (Å²) in [6.45, 7) is 2.12. The highest BCUT2D eigenvalue weighted by atomic mass is 16.3. The maximum atomic E-state index is 12.8. The molecule has 3 aromatic rings. The first-order valence-corrected chi connectivity index (χ1v) is 9.19. The molecule has 1 saturated heterocycles. The highest BCUT2D eigenvalue weighted by Crippen LogP contribution is 2.27. The largest absolute Gasteiger partial charge is 0.508 e. The Bertz CT molecular complexity index is 923. The van der Waals surface area contributed by atoms with Crippen molar-refractivity contribution in [3.8, 4) is 5.75 Å². The van der Waals surface area contributed by atoms with Gasteiger partial charge in [0.1, 0.15) is 11.6 Å². The van der Waals surface area contributed by atoms with Gasteiger partial charge in [-0.3, -0.25) is 9.78 Å². The van der Waals surface area contributed by atoms with Gasteiger partial charge in [-0.25, -0.2) is 4.98 Å². The minimum Gasteiger partial charge on any atom is -0.508 e. The number of rotatable bonds is 4. The predicted octanol–water partition coefficient (Wildman–Crippen LogP) is 3.05. The number of pyridine rings is 1. The lowest BCUT2D eigenvalue weighted by Crippen LogP contribution is -2.39. The maximum absolute atomic E-state index is 12.8. The van der Waals surface area contributed by atoms with Crippen molar-refractivity contribution in [2.24, 2.45) is 0 Å². The van der Waals surface area contributed by atoms with Crippen molar-refractivity contribution >= 4 is 5.91 Å². The Labute approximate surface area is 158 Å². The number of benzene rings is 1. The van der Waals surface area contributed by atoms with Gasteiger partial charge in [-0.2, -0.15) is 0 Å². The van der Waals surface area contributed by atoms with Crippen molar-refractivity contribution in [2.75, 3.05) is 13.1 Å². The first-order valence-electron chi connectivity index (χ1n) is 9.19. The van der Waals surface area contributed by atoms with E-state index in [0.29, 0.717) is 12.1 Å². The van der Waals surface area contributed by atoms with Crippen LogP contribution >= 0.6 is 0 Å². The molecular formula is C21H22N4O2. The number of imidazole rings is 1. The second kappa shape index (κ2) is 7.61. The van der Waals surface area contributed by atoms with Gasteiger partial charge in [0.05, 0.1) is 0 Å². The molecule has 1 amide bonds. The van der Waals surface area contributed by atoms with E-state index >= 15 is 0 Å². The topological polar surface area (TPSA) is 71.2 Å². The van der Waals surface area contributed by atoms with Crippen LogP contribution in [0.3, 0.4) is 0 Å². The van der Waals surface area contributed by atoms with Crippen LogP contribution in [-0.4, -0.2) is 43.5 Å². The number of hydrogen-bond donors (Lipinski definition) is 1. The lowest BCUT2D eigenvalue weighted by molar-refractivity contribution is 0.0703. The standard InChI is InChI=1S/C21H22N4O2/c26-19-5-1-3-17(13-19)21(27)25-11-2-4-18(15-25)20-23-10-12-24(20)14-16-6-8-22-9-7-16/h1,3,5-10,12-13,18,26H,2,4,11,14-15H2. The van der Waals surface area contributed by atoms with Crippen molar-refractivity contribution in [3.05, 3.63) is 78.1 Å². The smallest absolute Gasteiger partial charge is 0.254 e. The molecule has 0 radical (unpaired) electrons. The molecule has 6 heteroatoms. The van der Waals surface area contributed by atoms with Crippen molar-refractivity contribution in [1.29, 1.82) is 0 Å². The van der Waals surface area contributed by atoms with E-state index in [1.54, 1.807) is 30.6 Å². The van der Waals surface area contributed by atoms with E-state index in [0.717, 1.165) is 31.8 Å². The van der Waals surface area contributed by atoms with Crippen LogP contribution in [0.15, 0.2) is 61.2 Å². The van der Waals surface area contributed by atoms with E-state index in [4.69, 9.17) is 0 Å². The van der Waals surface area contributed by atoms with Gasteiger partial charge in [0, 0.05) is 55.9 Å². The molecule has 1 aromatic carbocycles. The van der Waals surface area contributed by atoms with Gasteiger partial charge in [0.2, 0.25) is 0 Å². The quantitative estimate of drug-likeness (QED) is 0.774. The van der Waals surface area contributed by atoms with E-state index in [2.05, 4.69) is 14.5 Å². The number of phenolic OH excluding ortho intramolecular Hbond substituents is 1. The average Bonchev–Trinajstić information content (AvgIpc) is 3.16. The Hall–Kier alpha value is -3.15. The van der Waals surface area contributed by atoms with Gasteiger partial charge in [0.15, 0.2) is 0 Å². The Kier molecular flexibility index (Phi) is 4.87. The van der Waals surface area contributed by atoms with Gasteiger partial charge in [0.25, 0.3) is 5.91 Å². The molecule has 27 heavy (non-hydrogen) atoms. The molecule has 0 aliphatic carbocycles. The number of phenols is 1. The molecule has 1 aliphatic heterocycles. The average molecular weight is 362 g/mol. The minimum atomic E-state index is -0.0390. The lowest BCUT2D eigenvalue weighted by atomic mass is 9.96. The summed E-state index contributed by atoms with van der Waals surface area (Å²) in [7, 11) is 0. The zero-order chi connectivity index (χ0) is 18.6. The fourth-order valence-corrected chi connectivity index (χ4v) is 3.69. The summed E-state index contributed by atoms with van der Waals surface area (Å²) >= 11 is 0. The minimum absolute atomic E-state index is 0.0390. The van der Waals surface area contributed by atoms with Gasteiger partial charge in [-0.1, -0.05) is 6.07 Å². The molecule has 0 bridgehead atoms. The van der Waals surface area contributed by atoms with Crippen LogP contribution in [0.2, 0.25) is 0 Å². The van der Waals surface area contributed by atoms with E-state index in [-0.39, 0.29) is 17.6 Å². The van der Waals surface area contributed by atoms with Crippen LogP contribution in [0.4, 0.5) is 0 Å². The molecule has 0 spiro atoms. The number of piperidine rings is 1. The Balaban J connectivity index is 1.51. The van der Waals surface area contributed by atoms with Gasteiger partial charge < -0.3 is 14.6 Å². The van der Waals surface area contributed by atoms with Crippen LogP contribution in [0.5, 0.6) is 5.75 Å². The summed E-state index contributed by atoms with van der Waals surface area (Å²) in [5.74, 6) is 1.29. The molecule has 6 nitrogen and oxygen atoms in total. The van der Waals surface area contributed by atoms with Gasteiger partial charge in [-0.15, -0.1) is 0 Å². The third-order valence-corrected chi connectivity index (χ3v) is 5.02. The number of nitrogens with zero attached hydrogens (tertiary/aromatic N) is 4. The number of carbonyl (C=O) groups is 1. The van der Waals surface area contributed by atoms with E-state index in [9.17, 15) is 9.90 Å². The zero-order valence-corrected chi connectivity index (χ0v) is 15.0. The maximum Gasteiger partial charge on any atom is 0.254 e. The molecule has 1 aliphatic rings. The second-order valence-corrected chi connectivity index (χ2v) is 6.91. The Morgan fingerprint density at radius 1 is 1.19 bits per heavy atom. The van der Waals surface area contributed by atoms with Gasteiger partial charge in [-0.05, 0) is 48.7 Å². The zero-order valence-electron chi connectivity index (χ0n) is 15.0. The molecule has 1 unspecified atom stereocenters. The third-order valence-electron chi connectivity index (χ3n) is 5.02. The summed E-state index contributed by atoms with van der Waals surface area (Å²) in [5, 5.41) is 9.65. The molecule has 138 valence electrons. The molecule has 1 N–H and O–H groups in total. The summed E-state index contributed by atoms with van der Waals surface area (Å²) in [6, 6.07) is 10.5. The molecule has 0 saturated carbocycles. The fourth-order valence-electron chi connectivity index (χ4n) is 3.69. The summed E-state index contributed by atoms with van der Waals surface area (Å²) in [6.07, 6.45) is 9.36. The summed E-state index contributed by atoms with van der Waals surface area (Å²) in [4.78, 5) is 23.3. The van der Waals surface area contributed by atoms with Crippen LogP contribution in [0.25, 0.3) is 0 Å². The third kappa shape index (κ3) is 3.84. The summed E-state index contributed by atoms with van der Waals surface area (Å²) in [5.41, 5.74) is 1.70. The van der Waals surface area contributed by atoms with Crippen LogP contribution in [0, 0.1) is 0 Å². The molecule has 3 heterocycles. The van der Waals surface area contributed by atoms with E-state index < -0.39 is 0 Å². The highest BCUT2D eigenvalue weighted by Gasteiger charge is 2.28.